The highest BCUT2D eigenvalue weighted by atomic mass is 127. The number of guanidine groups is 1. The van der Waals surface area contributed by atoms with Crippen molar-refractivity contribution in [3.63, 3.8) is 0 Å². The van der Waals surface area contributed by atoms with Crippen molar-refractivity contribution in [2.45, 2.75) is 55.4 Å². The van der Waals surface area contributed by atoms with Crippen LogP contribution in [0, 0.1) is 0 Å². The summed E-state index contributed by atoms with van der Waals surface area (Å²) in [7, 11) is 1.88. The molecule has 7 heteroatoms. The smallest absolute Gasteiger partial charge is 0.191 e. The molecule has 3 fully saturated rings. The quantitative estimate of drug-likeness (QED) is 0.369. The van der Waals surface area contributed by atoms with Crippen LogP contribution >= 0.6 is 35.7 Å². The van der Waals surface area contributed by atoms with Crippen molar-refractivity contribution in [1.29, 1.82) is 0 Å². The molecule has 5 nitrogen and oxygen atoms in total. The minimum Gasteiger partial charge on any atom is -0.381 e. The Morgan fingerprint density at radius 3 is 2.42 bits per heavy atom. The predicted octanol–water partition coefficient (Wildman–Crippen LogP) is 2.31. The Labute approximate surface area is 168 Å². The van der Waals surface area contributed by atoms with E-state index >= 15 is 0 Å². The zero-order valence-corrected chi connectivity index (χ0v) is 18.2. The van der Waals surface area contributed by atoms with Crippen LogP contribution in [0.1, 0.15) is 38.5 Å². The second-order valence-corrected chi connectivity index (χ2v) is 8.39. The number of piperidine rings is 1. The summed E-state index contributed by atoms with van der Waals surface area (Å²) in [5, 5.41) is 7.21. The van der Waals surface area contributed by atoms with Crippen LogP contribution in [0.5, 0.6) is 0 Å². The van der Waals surface area contributed by atoms with Gasteiger partial charge in [0.2, 0.25) is 0 Å². The Kier molecular flexibility index (Phi) is 8.43. The van der Waals surface area contributed by atoms with Crippen LogP contribution < -0.4 is 10.6 Å². The molecule has 1 aliphatic carbocycles. The number of hydrogen-bond donors (Lipinski definition) is 2. The van der Waals surface area contributed by atoms with Gasteiger partial charge in [0, 0.05) is 56.7 Å². The minimum absolute atomic E-state index is 0. The number of likely N-dealkylation sites (tertiary alicyclic amines) is 1. The maximum Gasteiger partial charge on any atom is 0.191 e. The first kappa shape index (κ1) is 20.6. The number of halogens is 1. The van der Waals surface area contributed by atoms with Crippen molar-refractivity contribution < 1.29 is 4.74 Å². The van der Waals surface area contributed by atoms with E-state index in [2.05, 4.69) is 26.8 Å². The number of rotatable bonds is 5. The molecule has 3 aliphatic rings. The summed E-state index contributed by atoms with van der Waals surface area (Å²) in [6.45, 7) is 5.22. The van der Waals surface area contributed by atoms with Crippen LogP contribution in [-0.2, 0) is 4.74 Å². The third kappa shape index (κ3) is 5.64. The van der Waals surface area contributed by atoms with Crippen LogP contribution in [0.4, 0.5) is 0 Å². The molecule has 140 valence electrons. The molecule has 0 aromatic rings. The molecular formula is C17H33IN4OS. The fourth-order valence-electron chi connectivity index (χ4n) is 3.68. The van der Waals surface area contributed by atoms with Gasteiger partial charge in [-0.15, -0.1) is 24.0 Å². The summed E-state index contributed by atoms with van der Waals surface area (Å²) in [5.74, 6) is 0.967. The lowest BCUT2D eigenvalue weighted by Crippen LogP contribution is -2.52. The number of thioether (sulfide) groups is 1. The average Bonchev–Trinajstić information content (AvgIpc) is 3.45. The molecule has 2 saturated heterocycles. The second kappa shape index (κ2) is 9.83. The van der Waals surface area contributed by atoms with E-state index in [9.17, 15) is 0 Å². The highest BCUT2D eigenvalue weighted by molar-refractivity contribution is 14.0. The predicted molar refractivity (Wildman–Crippen MR) is 114 cm³/mol. The SMILES string of the molecule is CN=C(NCC1(SC)CCOCC1)NC1CCN(C2CC2)CC1.I. The maximum atomic E-state index is 5.52. The van der Waals surface area contributed by atoms with Crippen LogP contribution in [0.2, 0.25) is 0 Å². The monoisotopic (exact) mass is 468 g/mol. The fraction of sp³-hybridized carbons (Fsp3) is 0.941. The molecular weight excluding hydrogens is 435 g/mol. The maximum absolute atomic E-state index is 5.52. The summed E-state index contributed by atoms with van der Waals surface area (Å²) in [4.78, 5) is 7.10. The third-order valence-electron chi connectivity index (χ3n) is 5.57. The zero-order chi connectivity index (χ0) is 16.1. The molecule has 0 spiro atoms. The van der Waals surface area contributed by atoms with Gasteiger partial charge in [0.05, 0.1) is 0 Å². The highest BCUT2D eigenvalue weighted by Gasteiger charge is 2.33. The minimum atomic E-state index is 0. The largest absolute Gasteiger partial charge is 0.381 e. The van der Waals surface area contributed by atoms with Crippen molar-refractivity contribution >= 4 is 41.7 Å². The van der Waals surface area contributed by atoms with Gasteiger partial charge in [-0.3, -0.25) is 4.99 Å². The van der Waals surface area contributed by atoms with Crippen LogP contribution in [-0.4, -0.2) is 73.8 Å². The summed E-state index contributed by atoms with van der Waals surface area (Å²) in [6, 6.07) is 1.47. The highest BCUT2D eigenvalue weighted by Crippen LogP contribution is 2.33. The van der Waals surface area contributed by atoms with E-state index in [4.69, 9.17) is 4.74 Å². The van der Waals surface area contributed by atoms with Crippen LogP contribution in [0.3, 0.4) is 0 Å². The molecule has 0 aromatic heterocycles. The first-order valence-corrected chi connectivity index (χ1v) is 10.3. The number of hydrogen-bond acceptors (Lipinski definition) is 4. The van der Waals surface area contributed by atoms with E-state index in [0.717, 1.165) is 44.6 Å². The van der Waals surface area contributed by atoms with Crippen LogP contribution in [0.15, 0.2) is 4.99 Å². The number of aliphatic imine (C=N–C) groups is 1. The summed E-state index contributed by atoms with van der Waals surface area (Å²) < 4.78 is 5.82. The van der Waals surface area contributed by atoms with E-state index in [1.165, 1.54) is 38.8 Å². The second-order valence-electron chi connectivity index (χ2n) is 7.11. The lowest BCUT2D eigenvalue weighted by atomic mass is 9.99. The Hall–Kier alpha value is 0.270. The van der Waals surface area contributed by atoms with E-state index in [1.807, 2.05) is 18.8 Å². The van der Waals surface area contributed by atoms with Gasteiger partial charge in [-0.25, -0.2) is 0 Å². The fourth-order valence-corrected chi connectivity index (χ4v) is 4.47. The van der Waals surface area contributed by atoms with Gasteiger partial charge in [-0.05, 0) is 44.8 Å². The normalized spacial score (nSPS) is 25.8. The van der Waals surface area contributed by atoms with E-state index < -0.39 is 0 Å². The van der Waals surface area contributed by atoms with Gasteiger partial charge >= 0.3 is 0 Å². The Bertz CT molecular complexity index is 405. The van der Waals surface area contributed by atoms with Gasteiger partial charge in [-0.1, -0.05) is 0 Å². The first-order chi connectivity index (χ1) is 11.2. The lowest BCUT2D eigenvalue weighted by molar-refractivity contribution is 0.0782. The number of ether oxygens (including phenoxy) is 1. The summed E-state index contributed by atoms with van der Waals surface area (Å²) >= 11 is 1.97. The van der Waals surface area contributed by atoms with Crippen molar-refractivity contribution in [3.05, 3.63) is 0 Å². The Morgan fingerprint density at radius 1 is 1.21 bits per heavy atom. The standard InChI is InChI=1S/C17H32N4OS.HI/c1-18-16(19-13-17(23-2)7-11-22-12-8-17)20-14-5-9-21(10-6-14)15-3-4-15;/h14-15H,3-13H2,1-2H3,(H2,18,19,20);1H. The molecule has 2 N–H and O–H groups in total. The molecule has 0 amide bonds. The average molecular weight is 468 g/mol. The third-order valence-corrected chi connectivity index (χ3v) is 6.99. The molecule has 24 heavy (non-hydrogen) atoms. The van der Waals surface area contributed by atoms with Crippen molar-refractivity contribution in [1.82, 2.24) is 15.5 Å². The van der Waals surface area contributed by atoms with Gasteiger partial charge < -0.3 is 20.3 Å². The van der Waals surface area contributed by atoms with E-state index in [0.29, 0.717) is 10.8 Å². The number of nitrogens with zero attached hydrogens (tertiary/aromatic N) is 2. The van der Waals surface area contributed by atoms with Crippen LogP contribution in [0.25, 0.3) is 0 Å². The van der Waals surface area contributed by atoms with E-state index in [-0.39, 0.29) is 24.0 Å². The molecule has 0 unspecified atom stereocenters. The molecule has 0 atom stereocenters. The van der Waals surface area contributed by atoms with Gasteiger partial charge in [0.1, 0.15) is 0 Å². The van der Waals surface area contributed by atoms with Gasteiger partial charge in [0.15, 0.2) is 5.96 Å². The molecule has 0 aromatic carbocycles. The van der Waals surface area contributed by atoms with Crippen molar-refractivity contribution in [2.24, 2.45) is 4.99 Å². The Balaban J connectivity index is 0.00000208. The molecule has 2 heterocycles. The first-order valence-electron chi connectivity index (χ1n) is 9.09. The molecule has 3 rings (SSSR count). The lowest BCUT2D eigenvalue weighted by Gasteiger charge is -2.37. The molecule has 0 radical (unpaired) electrons. The molecule has 1 saturated carbocycles. The van der Waals surface area contributed by atoms with Crippen molar-refractivity contribution in [3.8, 4) is 0 Å². The van der Waals surface area contributed by atoms with E-state index in [1.54, 1.807) is 0 Å². The topological polar surface area (TPSA) is 48.9 Å². The molecule has 2 aliphatic heterocycles. The van der Waals surface area contributed by atoms with Gasteiger partial charge in [-0.2, -0.15) is 11.8 Å². The summed E-state index contributed by atoms with van der Waals surface area (Å²) in [5.41, 5.74) is 0. The van der Waals surface area contributed by atoms with Crippen molar-refractivity contribution in [2.75, 3.05) is 46.2 Å². The zero-order valence-electron chi connectivity index (χ0n) is 15.1. The summed E-state index contributed by atoms with van der Waals surface area (Å²) in [6.07, 6.45) is 9.77. The van der Waals surface area contributed by atoms with Gasteiger partial charge in [0.25, 0.3) is 0 Å². The molecule has 0 bridgehead atoms. The Morgan fingerprint density at radius 2 is 1.88 bits per heavy atom. The number of nitrogens with one attached hydrogen (secondary N) is 2.